The number of carbonyl (C=O) groups is 3. The molecule has 0 fully saturated rings. The van der Waals surface area contributed by atoms with Crippen LogP contribution in [0.4, 0.5) is 5.69 Å². The van der Waals surface area contributed by atoms with E-state index >= 15 is 0 Å². The molecular formula is C15H17NO6. The maximum absolute atomic E-state index is 11.9. The van der Waals surface area contributed by atoms with Gasteiger partial charge in [-0.15, -0.1) is 0 Å². The number of aliphatic hydroxyl groups excluding tert-OH is 2. The molecule has 118 valence electrons. The van der Waals surface area contributed by atoms with Crippen molar-refractivity contribution in [2.45, 2.75) is 32.5 Å². The van der Waals surface area contributed by atoms with E-state index in [1.807, 2.05) is 0 Å². The number of rotatable bonds is 5. The van der Waals surface area contributed by atoms with E-state index in [1.165, 1.54) is 0 Å². The van der Waals surface area contributed by atoms with Crippen LogP contribution in [-0.4, -0.2) is 40.6 Å². The number of ketones is 1. The number of aryl methyl sites for hydroxylation is 1. The Kier molecular flexibility index (Phi) is 4.58. The monoisotopic (exact) mass is 307 g/mol. The quantitative estimate of drug-likeness (QED) is 0.538. The maximum atomic E-state index is 11.9. The van der Waals surface area contributed by atoms with Crippen LogP contribution < -0.4 is 5.32 Å². The molecule has 0 aliphatic carbocycles. The molecule has 0 bridgehead atoms. The molecule has 1 aromatic carbocycles. The van der Waals surface area contributed by atoms with Crippen molar-refractivity contribution in [1.29, 1.82) is 0 Å². The van der Waals surface area contributed by atoms with Gasteiger partial charge < -0.3 is 20.3 Å². The van der Waals surface area contributed by atoms with Gasteiger partial charge in [0.15, 0.2) is 0 Å². The fraction of sp³-hybridized carbons (Fsp3) is 0.400. The Morgan fingerprint density at radius 3 is 2.64 bits per heavy atom. The van der Waals surface area contributed by atoms with Gasteiger partial charge in [-0.05, 0) is 31.0 Å². The van der Waals surface area contributed by atoms with Gasteiger partial charge in [-0.1, -0.05) is 6.07 Å². The number of ether oxygens (including phenoxy) is 1. The first kappa shape index (κ1) is 16.1. The third-order valence-electron chi connectivity index (χ3n) is 3.49. The van der Waals surface area contributed by atoms with Gasteiger partial charge in [0.25, 0.3) is 11.7 Å². The van der Waals surface area contributed by atoms with Gasteiger partial charge in [0.1, 0.15) is 6.10 Å². The average molecular weight is 307 g/mol. The van der Waals surface area contributed by atoms with Crippen molar-refractivity contribution in [3.05, 3.63) is 28.8 Å². The van der Waals surface area contributed by atoms with Crippen molar-refractivity contribution < 1.29 is 29.3 Å². The summed E-state index contributed by atoms with van der Waals surface area (Å²) in [6.45, 7) is 3.44. The molecule has 7 heteroatoms. The van der Waals surface area contributed by atoms with E-state index in [2.05, 4.69) is 5.32 Å². The largest absolute Gasteiger partial charge is 0.466 e. The molecule has 1 aromatic rings. The molecule has 0 saturated carbocycles. The van der Waals surface area contributed by atoms with E-state index in [9.17, 15) is 24.6 Å². The molecule has 0 saturated heterocycles. The molecule has 1 heterocycles. The molecule has 2 rings (SSSR count). The van der Waals surface area contributed by atoms with Crippen LogP contribution in [0.5, 0.6) is 0 Å². The highest BCUT2D eigenvalue weighted by Crippen LogP contribution is 2.34. The summed E-state index contributed by atoms with van der Waals surface area (Å²) in [5.41, 5.74) is 1.02. The lowest BCUT2D eigenvalue weighted by molar-refractivity contribution is -0.147. The van der Waals surface area contributed by atoms with Crippen LogP contribution in [0.3, 0.4) is 0 Å². The van der Waals surface area contributed by atoms with E-state index in [4.69, 9.17) is 4.74 Å². The minimum absolute atomic E-state index is 0.0420. The summed E-state index contributed by atoms with van der Waals surface area (Å²) in [5.74, 6) is -2.20. The number of anilines is 1. The zero-order valence-electron chi connectivity index (χ0n) is 12.3. The highest BCUT2D eigenvalue weighted by Gasteiger charge is 2.35. The van der Waals surface area contributed by atoms with Crippen LogP contribution >= 0.6 is 0 Å². The molecule has 1 aliphatic rings. The van der Waals surface area contributed by atoms with Gasteiger partial charge in [0, 0.05) is 0 Å². The summed E-state index contributed by atoms with van der Waals surface area (Å²) in [6.07, 6.45) is -3.32. The van der Waals surface area contributed by atoms with E-state index in [1.54, 1.807) is 26.0 Å². The molecule has 0 spiro atoms. The lowest BCUT2D eigenvalue weighted by Gasteiger charge is -2.21. The predicted molar refractivity (Wildman–Crippen MR) is 76.4 cm³/mol. The van der Waals surface area contributed by atoms with E-state index in [-0.39, 0.29) is 23.4 Å². The molecule has 7 nitrogen and oxygen atoms in total. The Hall–Kier alpha value is -2.25. The minimum atomic E-state index is -1.48. The smallest absolute Gasteiger partial charge is 0.308 e. The van der Waals surface area contributed by atoms with E-state index in [0.29, 0.717) is 5.56 Å². The number of amides is 1. The van der Waals surface area contributed by atoms with Crippen LogP contribution in [0, 0.1) is 6.92 Å². The highest BCUT2D eigenvalue weighted by molar-refractivity contribution is 6.52. The van der Waals surface area contributed by atoms with Gasteiger partial charge in [-0.3, -0.25) is 14.4 Å². The summed E-state index contributed by atoms with van der Waals surface area (Å²) in [4.78, 5) is 34.8. The van der Waals surface area contributed by atoms with Crippen molar-refractivity contribution in [2.75, 3.05) is 11.9 Å². The number of nitrogens with one attached hydrogen (secondary N) is 1. The Morgan fingerprint density at radius 2 is 2.00 bits per heavy atom. The first-order chi connectivity index (χ1) is 10.4. The summed E-state index contributed by atoms with van der Waals surface area (Å²) in [5, 5.41) is 22.7. The van der Waals surface area contributed by atoms with Crippen molar-refractivity contribution in [3.8, 4) is 0 Å². The lowest BCUT2D eigenvalue weighted by Crippen LogP contribution is -2.25. The summed E-state index contributed by atoms with van der Waals surface area (Å²) < 4.78 is 4.72. The summed E-state index contributed by atoms with van der Waals surface area (Å²) >= 11 is 0. The van der Waals surface area contributed by atoms with Crippen molar-refractivity contribution in [1.82, 2.24) is 0 Å². The SMILES string of the molecule is CCOC(=O)CC(O)C(O)c1c(C)ccc2c1C(=O)C(=O)N2. The van der Waals surface area contributed by atoms with Gasteiger partial charge in [0.2, 0.25) is 0 Å². The number of carbonyl (C=O) groups excluding carboxylic acids is 3. The second kappa shape index (κ2) is 6.25. The zero-order chi connectivity index (χ0) is 16.4. The molecule has 1 amide bonds. The fourth-order valence-corrected chi connectivity index (χ4v) is 2.44. The van der Waals surface area contributed by atoms with Crippen LogP contribution in [-0.2, 0) is 14.3 Å². The van der Waals surface area contributed by atoms with Gasteiger partial charge in [-0.2, -0.15) is 0 Å². The Labute approximate surface area is 126 Å². The number of esters is 1. The molecule has 1 aliphatic heterocycles. The molecule has 22 heavy (non-hydrogen) atoms. The first-order valence-corrected chi connectivity index (χ1v) is 6.87. The van der Waals surface area contributed by atoms with Gasteiger partial charge >= 0.3 is 5.97 Å². The number of hydrogen-bond acceptors (Lipinski definition) is 6. The van der Waals surface area contributed by atoms with Crippen LogP contribution in [0.1, 0.15) is 40.9 Å². The average Bonchev–Trinajstić information content (AvgIpc) is 2.74. The number of fused-ring (bicyclic) bond motifs is 1. The van der Waals surface area contributed by atoms with Crippen molar-refractivity contribution >= 4 is 23.3 Å². The molecule has 0 aromatic heterocycles. The third kappa shape index (κ3) is 2.86. The van der Waals surface area contributed by atoms with Gasteiger partial charge in [-0.25, -0.2) is 0 Å². The number of benzene rings is 1. The minimum Gasteiger partial charge on any atom is -0.466 e. The standard InChI is InChI=1S/C15H17NO6/c1-3-22-10(18)6-9(17)13(19)11-7(2)4-5-8-12(11)14(20)15(21)16-8/h4-5,9,13,17,19H,3,6H2,1-2H3,(H,16,20,21). The molecule has 2 unspecified atom stereocenters. The van der Waals surface area contributed by atoms with Crippen LogP contribution in [0.2, 0.25) is 0 Å². The summed E-state index contributed by atoms with van der Waals surface area (Å²) in [7, 11) is 0. The lowest BCUT2D eigenvalue weighted by atomic mass is 9.91. The van der Waals surface area contributed by atoms with Crippen LogP contribution in [0.25, 0.3) is 0 Å². The molecule has 3 N–H and O–H groups in total. The first-order valence-electron chi connectivity index (χ1n) is 6.87. The Balaban J connectivity index is 2.33. The van der Waals surface area contributed by atoms with E-state index < -0.39 is 36.3 Å². The molecule has 0 radical (unpaired) electrons. The second-order valence-corrected chi connectivity index (χ2v) is 5.02. The number of aliphatic hydroxyl groups is 2. The van der Waals surface area contributed by atoms with Gasteiger partial charge in [0.05, 0.1) is 30.4 Å². The second-order valence-electron chi connectivity index (χ2n) is 5.02. The van der Waals surface area contributed by atoms with Crippen molar-refractivity contribution in [3.63, 3.8) is 0 Å². The predicted octanol–water partition coefficient (Wildman–Crippen LogP) is 0.477. The number of hydrogen-bond donors (Lipinski definition) is 3. The zero-order valence-corrected chi connectivity index (χ0v) is 12.3. The Bertz CT molecular complexity index is 639. The van der Waals surface area contributed by atoms with Crippen molar-refractivity contribution in [2.24, 2.45) is 0 Å². The highest BCUT2D eigenvalue weighted by atomic mass is 16.5. The van der Waals surface area contributed by atoms with Crippen LogP contribution in [0.15, 0.2) is 12.1 Å². The third-order valence-corrected chi connectivity index (χ3v) is 3.49. The van der Waals surface area contributed by atoms with E-state index in [0.717, 1.165) is 0 Å². The topological polar surface area (TPSA) is 113 Å². The normalized spacial score (nSPS) is 16.0. The molecule has 2 atom stereocenters. The maximum Gasteiger partial charge on any atom is 0.308 e. The Morgan fingerprint density at radius 1 is 1.32 bits per heavy atom. The number of Topliss-reactive ketones (excluding diaryl/α,β-unsaturated/α-hetero) is 1. The molecular weight excluding hydrogens is 290 g/mol. The fourth-order valence-electron chi connectivity index (χ4n) is 2.44. The summed E-state index contributed by atoms with van der Waals surface area (Å²) in [6, 6.07) is 3.18.